The number of ether oxygens (including phenoxy) is 1. The second kappa shape index (κ2) is 7.97. The molecule has 3 aromatic rings. The fourth-order valence-electron chi connectivity index (χ4n) is 2.34. The van der Waals surface area contributed by atoms with E-state index in [4.69, 9.17) is 4.74 Å². The van der Waals surface area contributed by atoms with E-state index in [1.807, 2.05) is 67.7 Å². The van der Waals surface area contributed by atoms with Crippen molar-refractivity contribution < 1.29 is 9.53 Å². The molecule has 1 N–H and O–H groups in total. The summed E-state index contributed by atoms with van der Waals surface area (Å²) in [6.45, 7) is 2.45. The highest BCUT2D eigenvalue weighted by molar-refractivity contribution is 6.02. The monoisotopic (exact) mass is 333 g/mol. The number of benzene rings is 2. The lowest BCUT2D eigenvalue weighted by Crippen LogP contribution is -2.09. The van der Waals surface area contributed by atoms with Crippen LogP contribution in [0.4, 0.5) is 5.69 Å². The summed E-state index contributed by atoms with van der Waals surface area (Å²) < 4.78 is 7.27. The summed E-state index contributed by atoms with van der Waals surface area (Å²) in [5.74, 6) is 0.434. The minimum absolute atomic E-state index is 0.223. The molecule has 0 bridgehead atoms. The van der Waals surface area contributed by atoms with Gasteiger partial charge in [-0.1, -0.05) is 30.3 Å². The third kappa shape index (κ3) is 4.35. The van der Waals surface area contributed by atoms with Crippen molar-refractivity contribution >= 4 is 17.7 Å². The van der Waals surface area contributed by atoms with Gasteiger partial charge in [0.05, 0.1) is 24.2 Å². The number of amides is 1. The van der Waals surface area contributed by atoms with Gasteiger partial charge in [-0.3, -0.25) is 4.79 Å². The van der Waals surface area contributed by atoms with Crippen LogP contribution in [0.25, 0.3) is 11.8 Å². The molecule has 0 atom stereocenters. The lowest BCUT2D eigenvalue weighted by molar-refractivity contribution is -0.111. The number of aromatic nitrogens is 2. The fraction of sp³-hybridized carbons (Fsp3) is 0.100. The van der Waals surface area contributed by atoms with E-state index >= 15 is 0 Å². The molecule has 0 saturated carbocycles. The first-order valence-corrected chi connectivity index (χ1v) is 8.07. The predicted octanol–water partition coefficient (Wildman–Crippen LogP) is 3.92. The van der Waals surface area contributed by atoms with Gasteiger partial charge in [0, 0.05) is 17.8 Å². The van der Waals surface area contributed by atoms with E-state index in [2.05, 4.69) is 10.4 Å². The van der Waals surface area contributed by atoms with Gasteiger partial charge < -0.3 is 10.1 Å². The van der Waals surface area contributed by atoms with E-state index in [9.17, 15) is 4.79 Å². The number of rotatable bonds is 6. The molecule has 3 rings (SSSR count). The number of hydrogen-bond donors (Lipinski definition) is 1. The molecule has 5 nitrogen and oxygen atoms in total. The van der Waals surface area contributed by atoms with Crippen LogP contribution in [0.1, 0.15) is 12.5 Å². The summed E-state index contributed by atoms with van der Waals surface area (Å²) in [6, 6.07) is 17.2. The Kier molecular flexibility index (Phi) is 5.26. The molecule has 0 radical (unpaired) electrons. The predicted molar refractivity (Wildman–Crippen MR) is 98.8 cm³/mol. The van der Waals surface area contributed by atoms with E-state index in [1.54, 1.807) is 17.0 Å². The highest BCUT2D eigenvalue weighted by Crippen LogP contribution is 2.23. The molecule has 1 aromatic heterocycles. The Bertz CT molecular complexity index is 869. The van der Waals surface area contributed by atoms with Crippen LogP contribution in [0.15, 0.2) is 73.1 Å². The molecule has 0 spiro atoms. The SMILES string of the molecule is CCOc1ccccc1NC(=O)/C=C/c1cnn(-c2ccccc2)c1. The molecule has 0 fully saturated rings. The fourth-order valence-corrected chi connectivity index (χ4v) is 2.34. The average Bonchev–Trinajstić information content (AvgIpc) is 3.12. The second-order valence-electron chi connectivity index (χ2n) is 5.31. The average molecular weight is 333 g/mol. The third-order valence-electron chi connectivity index (χ3n) is 3.50. The van der Waals surface area contributed by atoms with Crippen LogP contribution in [0.5, 0.6) is 5.75 Å². The van der Waals surface area contributed by atoms with Crippen LogP contribution in [0, 0.1) is 0 Å². The minimum Gasteiger partial charge on any atom is -0.492 e. The number of carbonyl (C=O) groups excluding carboxylic acids is 1. The Morgan fingerprint density at radius 2 is 1.92 bits per heavy atom. The van der Waals surface area contributed by atoms with Gasteiger partial charge in [0.1, 0.15) is 5.75 Å². The van der Waals surface area contributed by atoms with Gasteiger partial charge in [0.2, 0.25) is 5.91 Å². The number of anilines is 1. The lowest BCUT2D eigenvalue weighted by atomic mass is 10.2. The molecule has 0 unspecified atom stereocenters. The molecule has 126 valence electrons. The highest BCUT2D eigenvalue weighted by atomic mass is 16.5. The highest BCUT2D eigenvalue weighted by Gasteiger charge is 2.05. The van der Waals surface area contributed by atoms with E-state index < -0.39 is 0 Å². The van der Waals surface area contributed by atoms with E-state index in [0.29, 0.717) is 18.0 Å². The largest absolute Gasteiger partial charge is 0.492 e. The Morgan fingerprint density at radius 1 is 1.16 bits per heavy atom. The van der Waals surface area contributed by atoms with Crippen LogP contribution < -0.4 is 10.1 Å². The maximum atomic E-state index is 12.1. The molecule has 0 aliphatic heterocycles. The van der Waals surface area contributed by atoms with Gasteiger partial charge in [0.25, 0.3) is 0 Å². The molecule has 1 amide bonds. The minimum atomic E-state index is -0.223. The molecule has 2 aromatic carbocycles. The van der Waals surface area contributed by atoms with Crippen LogP contribution in [0.2, 0.25) is 0 Å². The summed E-state index contributed by atoms with van der Waals surface area (Å²) in [6.07, 6.45) is 6.79. The summed E-state index contributed by atoms with van der Waals surface area (Å²) >= 11 is 0. The van der Waals surface area contributed by atoms with Crippen LogP contribution >= 0.6 is 0 Å². The van der Waals surface area contributed by atoms with E-state index in [0.717, 1.165) is 11.3 Å². The van der Waals surface area contributed by atoms with Gasteiger partial charge in [-0.25, -0.2) is 4.68 Å². The van der Waals surface area contributed by atoms with Crippen LogP contribution in [-0.2, 0) is 4.79 Å². The number of para-hydroxylation sites is 3. The first kappa shape index (κ1) is 16.5. The molecule has 0 aliphatic carbocycles. The zero-order valence-corrected chi connectivity index (χ0v) is 13.9. The van der Waals surface area contributed by atoms with E-state index in [-0.39, 0.29) is 5.91 Å². The second-order valence-corrected chi connectivity index (χ2v) is 5.31. The van der Waals surface area contributed by atoms with Crippen molar-refractivity contribution in [3.8, 4) is 11.4 Å². The first-order valence-electron chi connectivity index (χ1n) is 8.07. The van der Waals surface area contributed by atoms with Crippen molar-refractivity contribution in [2.45, 2.75) is 6.92 Å². The van der Waals surface area contributed by atoms with Crippen molar-refractivity contribution in [3.63, 3.8) is 0 Å². The van der Waals surface area contributed by atoms with Crippen molar-refractivity contribution in [1.82, 2.24) is 9.78 Å². The van der Waals surface area contributed by atoms with Crippen molar-refractivity contribution in [2.24, 2.45) is 0 Å². The number of nitrogens with one attached hydrogen (secondary N) is 1. The molecule has 1 heterocycles. The molecule has 5 heteroatoms. The normalized spacial score (nSPS) is 10.8. The smallest absolute Gasteiger partial charge is 0.248 e. The van der Waals surface area contributed by atoms with Gasteiger partial charge in [0.15, 0.2) is 0 Å². The Hall–Kier alpha value is -3.34. The first-order chi connectivity index (χ1) is 12.3. The van der Waals surface area contributed by atoms with Crippen molar-refractivity contribution in [2.75, 3.05) is 11.9 Å². The van der Waals surface area contributed by atoms with E-state index in [1.165, 1.54) is 6.08 Å². The lowest BCUT2D eigenvalue weighted by Gasteiger charge is -2.09. The molecule has 25 heavy (non-hydrogen) atoms. The summed E-state index contributed by atoms with van der Waals surface area (Å²) in [5, 5.41) is 7.13. The topological polar surface area (TPSA) is 56.1 Å². The molecular formula is C20H19N3O2. The standard InChI is InChI=1S/C20H19N3O2/c1-2-25-19-11-7-6-10-18(19)22-20(24)13-12-16-14-21-23(15-16)17-8-4-3-5-9-17/h3-15H,2H2,1H3,(H,22,24)/b13-12+. The van der Waals surface area contributed by atoms with Crippen molar-refractivity contribution in [3.05, 3.63) is 78.6 Å². The third-order valence-corrected chi connectivity index (χ3v) is 3.50. The van der Waals surface area contributed by atoms with Crippen molar-refractivity contribution in [1.29, 1.82) is 0 Å². The number of hydrogen-bond acceptors (Lipinski definition) is 3. The summed E-state index contributed by atoms with van der Waals surface area (Å²) in [4.78, 5) is 12.1. The summed E-state index contributed by atoms with van der Waals surface area (Å²) in [5.41, 5.74) is 2.47. The zero-order chi connectivity index (χ0) is 17.5. The molecule has 0 aliphatic rings. The summed E-state index contributed by atoms with van der Waals surface area (Å²) in [7, 11) is 0. The maximum absolute atomic E-state index is 12.1. The van der Waals surface area contributed by atoms with Gasteiger partial charge >= 0.3 is 0 Å². The maximum Gasteiger partial charge on any atom is 0.248 e. The van der Waals surface area contributed by atoms with Gasteiger partial charge in [-0.15, -0.1) is 0 Å². The Labute approximate surface area is 146 Å². The number of carbonyl (C=O) groups is 1. The zero-order valence-electron chi connectivity index (χ0n) is 13.9. The van der Waals surface area contributed by atoms with Gasteiger partial charge in [-0.2, -0.15) is 5.10 Å². The van der Waals surface area contributed by atoms with Crippen LogP contribution in [-0.4, -0.2) is 22.3 Å². The number of nitrogens with zero attached hydrogens (tertiary/aromatic N) is 2. The van der Waals surface area contributed by atoms with Crippen LogP contribution in [0.3, 0.4) is 0 Å². The molecular weight excluding hydrogens is 314 g/mol. The van der Waals surface area contributed by atoms with Gasteiger partial charge in [-0.05, 0) is 37.3 Å². The Balaban J connectivity index is 1.66. The quantitative estimate of drug-likeness (QED) is 0.696. The Morgan fingerprint density at radius 3 is 2.72 bits per heavy atom. The molecule has 0 saturated heterocycles.